The van der Waals surface area contributed by atoms with E-state index < -0.39 is 0 Å². The van der Waals surface area contributed by atoms with Crippen molar-refractivity contribution in [2.75, 3.05) is 27.4 Å². The Morgan fingerprint density at radius 2 is 1.87 bits per heavy atom. The van der Waals surface area contributed by atoms with E-state index >= 15 is 0 Å². The fourth-order valence-corrected chi connectivity index (χ4v) is 3.15. The van der Waals surface area contributed by atoms with Crippen LogP contribution in [0.2, 0.25) is 0 Å². The second-order valence-electron chi connectivity index (χ2n) is 6.81. The van der Waals surface area contributed by atoms with Gasteiger partial charge in [0.05, 0.1) is 13.2 Å². The zero-order chi connectivity index (χ0) is 21.3. The highest BCUT2D eigenvalue weighted by Crippen LogP contribution is 2.22. The summed E-state index contributed by atoms with van der Waals surface area (Å²) in [5.74, 6) is 1.38. The van der Waals surface area contributed by atoms with E-state index in [9.17, 15) is 4.79 Å². The number of amides is 1. The maximum Gasteiger partial charge on any atom is 0.236 e. The molecule has 0 radical (unpaired) electrons. The molecule has 158 valence electrons. The number of pyridine rings is 1. The predicted octanol–water partition coefficient (Wildman–Crippen LogP) is 3.31. The minimum atomic E-state index is -0.110. The highest BCUT2D eigenvalue weighted by atomic mass is 16.5. The van der Waals surface area contributed by atoms with E-state index in [1.165, 1.54) is 0 Å². The van der Waals surface area contributed by atoms with Gasteiger partial charge in [-0.15, -0.1) is 0 Å². The van der Waals surface area contributed by atoms with Crippen molar-refractivity contribution in [1.82, 2.24) is 20.0 Å². The van der Waals surface area contributed by atoms with Crippen molar-refractivity contribution < 1.29 is 18.8 Å². The molecule has 0 aliphatic carbocycles. The molecule has 2 heterocycles. The zero-order valence-corrected chi connectivity index (χ0v) is 17.4. The first-order valence-electron chi connectivity index (χ1n) is 9.77. The van der Waals surface area contributed by atoms with Gasteiger partial charge in [-0.05, 0) is 55.3 Å². The standard InChI is InChI=1S/C22H26N4O4/c1-16(17-9-11-23-12-10-17)26(13-4-14-28-2)21(27)15-20-24-22(25-30-20)18-5-7-19(29-3)8-6-18/h5-12,16H,4,13-15H2,1-3H3/t16-/m0/s1. The van der Waals surface area contributed by atoms with E-state index in [0.29, 0.717) is 19.0 Å². The number of hydrogen-bond acceptors (Lipinski definition) is 7. The second-order valence-corrected chi connectivity index (χ2v) is 6.81. The van der Waals surface area contributed by atoms with E-state index in [4.69, 9.17) is 14.0 Å². The Bertz CT molecular complexity index is 928. The number of nitrogens with zero attached hydrogens (tertiary/aromatic N) is 4. The highest BCUT2D eigenvalue weighted by Gasteiger charge is 2.23. The Labute approximate surface area is 175 Å². The summed E-state index contributed by atoms with van der Waals surface area (Å²) in [5.41, 5.74) is 1.81. The third-order valence-corrected chi connectivity index (χ3v) is 4.84. The lowest BCUT2D eigenvalue weighted by atomic mass is 10.1. The minimum Gasteiger partial charge on any atom is -0.497 e. The molecule has 0 aliphatic rings. The lowest BCUT2D eigenvalue weighted by molar-refractivity contribution is -0.133. The summed E-state index contributed by atoms with van der Waals surface area (Å²) < 4.78 is 15.6. The highest BCUT2D eigenvalue weighted by molar-refractivity contribution is 5.78. The molecule has 0 fully saturated rings. The Kier molecular flexibility index (Phi) is 7.51. The topological polar surface area (TPSA) is 90.6 Å². The van der Waals surface area contributed by atoms with E-state index in [2.05, 4.69) is 15.1 Å². The number of rotatable bonds is 10. The van der Waals surface area contributed by atoms with Crippen LogP contribution in [-0.2, 0) is 16.0 Å². The smallest absolute Gasteiger partial charge is 0.236 e. The largest absolute Gasteiger partial charge is 0.497 e. The van der Waals surface area contributed by atoms with Gasteiger partial charge in [0.15, 0.2) is 0 Å². The quantitative estimate of drug-likeness (QED) is 0.474. The van der Waals surface area contributed by atoms with Gasteiger partial charge in [0.25, 0.3) is 0 Å². The molecular formula is C22H26N4O4. The molecule has 0 bridgehead atoms. The lowest BCUT2D eigenvalue weighted by Crippen LogP contribution is -2.36. The van der Waals surface area contributed by atoms with Gasteiger partial charge in [0.1, 0.15) is 12.2 Å². The molecule has 0 aliphatic heterocycles. The molecule has 8 heteroatoms. The first kappa shape index (κ1) is 21.4. The molecule has 3 aromatic rings. The molecule has 0 N–H and O–H groups in total. The second kappa shape index (κ2) is 10.5. The molecular weight excluding hydrogens is 384 g/mol. The summed E-state index contributed by atoms with van der Waals surface area (Å²) in [4.78, 5) is 23.3. The summed E-state index contributed by atoms with van der Waals surface area (Å²) >= 11 is 0. The fraction of sp³-hybridized carbons (Fsp3) is 0.364. The summed E-state index contributed by atoms with van der Waals surface area (Å²) in [6.45, 7) is 3.14. The molecule has 0 saturated heterocycles. The van der Waals surface area contributed by atoms with Gasteiger partial charge < -0.3 is 18.9 Å². The van der Waals surface area contributed by atoms with Crippen LogP contribution in [0.3, 0.4) is 0 Å². The Morgan fingerprint density at radius 1 is 1.13 bits per heavy atom. The van der Waals surface area contributed by atoms with E-state index in [0.717, 1.165) is 23.3 Å². The number of aromatic nitrogens is 3. The predicted molar refractivity (Wildman–Crippen MR) is 111 cm³/mol. The average Bonchev–Trinajstić information content (AvgIpc) is 3.25. The summed E-state index contributed by atoms with van der Waals surface area (Å²) in [6, 6.07) is 11.1. The minimum absolute atomic E-state index is 0.0333. The maximum absolute atomic E-state index is 13.1. The number of carbonyl (C=O) groups is 1. The third-order valence-electron chi connectivity index (χ3n) is 4.84. The zero-order valence-electron chi connectivity index (χ0n) is 17.4. The van der Waals surface area contributed by atoms with Crippen molar-refractivity contribution in [3.63, 3.8) is 0 Å². The number of benzene rings is 1. The average molecular weight is 410 g/mol. The summed E-state index contributed by atoms with van der Waals surface area (Å²) in [5, 5.41) is 4.01. The monoisotopic (exact) mass is 410 g/mol. The number of ether oxygens (including phenoxy) is 2. The van der Waals surface area contributed by atoms with Gasteiger partial charge in [0.2, 0.25) is 17.6 Å². The van der Waals surface area contributed by atoms with E-state index in [-0.39, 0.29) is 24.3 Å². The van der Waals surface area contributed by atoms with Crippen LogP contribution in [0.15, 0.2) is 53.3 Å². The van der Waals surface area contributed by atoms with Crippen LogP contribution < -0.4 is 4.74 Å². The van der Waals surface area contributed by atoms with Crippen LogP contribution in [0.5, 0.6) is 5.75 Å². The van der Waals surface area contributed by atoms with E-state index in [1.807, 2.05) is 48.2 Å². The molecule has 8 nitrogen and oxygen atoms in total. The van der Waals surface area contributed by atoms with Crippen LogP contribution in [0, 0.1) is 0 Å². The first-order chi connectivity index (χ1) is 14.6. The Hall–Kier alpha value is -3.26. The van der Waals surface area contributed by atoms with Gasteiger partial charge in [0, 0.05) is 38.2 Å². The Balaban J connectivity index is 1.72. The SMILES string of the molecule is COCCCN(C(=O)Cc1nc(-c2ccc(OC)cc2)no1)[C@@H](C)c1ccncc1. The van der Waals surface area contributed by atoms with Gasteiger partial charge >= 0.3 is 0 Å². The van der Waals surface area contributed by atoms with Gasteiger partial charge in [-0.2, -0.15) is 4.98 Å². The third kappa shape index (κ3) is 5.42. The van der Waals surface area contributed by atoms with Crippen LogP contribution in [0.25, 0.3) is 11.4 Å². The summed E-state index contributed by atoms with van der Waals surface area (Å²) in [6.07, 6.45) is 4.22. The maximum atomic E-state index is 13.1. The number of carbonyl (C=O) groups excluding carboxylic acids is 1. The normalized spacial score (nSPS) is 11.8. The van der Waals surface area contributed by atoms with Crippen molar-refractivity contribution in [2.45, 2.75) is 25.8 Å². The number of hydrogen-bond donors (Lipinski definition) is 0. The molecule has 0 unspecified atom stereocenters. The van der Waals surface area contributed by atoms with Gasteiger partial charge in [-0.3, -0.25) is 9.78 Å². The number of methoxy groups -OCH3 is 2. The fourth-order valence-electron chi connectivity index (χ4n) is 3.15. The van der Waals surface area contributed by atoms with Crippen molar-refractivity contribution in [3.05, 3.63) is 60.2 Å². The lowest BCUT2D eigenvalue weighted by Gasteiger charge is -2.29. The summed E-state index contributed by atoms with van der Waals surface area (Å²) in [7, 11) is 3.26. The molecule has 30 heavy (non-hydrogen) atoms. The Morgan fingerprint density at radius 3 is 2.53 bits per heavy atom. The van der Waals surface area contributed by atoms with E-state index in [1.54, 1.807) is 26.6 Å². The molecule has 1 atom stereocenters. The molecule has 1 aromatic carbocycles. The van der Waals surface area contributed by atoms with Crippen LogP contribution in [0.1, 0.15) is 30.8 Å². The van der Waals surface area contributed by atoms with Crippen LogP contribution >= 0.6 is 0 Å². The van der Waals surface area contributed by atoms with Crippen molar-refractivity contribution in [1.29, 1.82) is 0 Å². The van der Waals surface area contributed by atoms with Crippen molar-refractivity contribution in [3.8, 4) is 17.1 Å². The van der Waals surface area contributed by atoms with Gasteiger partial charge in [-0.25, -0.2) is 0 Å². The molecule has 1 amide bonds. The molecule has 3 rings (SSSR count). The van der Waals surface area contributed by atoms with Crippen LogP contribution in [-0.4, -0.2) is 53.3 Å². The first-order valence-corrected chi connectivity index (χ1v) is 9.77. The molecule has 0 saturated carbocycles. The molecule has 0 spiro atoms. The van der Waals surface area contributed by atoms with Crippen molar-refractivity contribution in [2.24, 2.45) is 0 Å². The van der Waals surface area contributed by atoms with Crippen LogP contribution in [0.4, 0.5) is 0 Å². The molecule has 2 aromatic heterocycles. The van der Waals surface area contributed by atoms with Gasteiger partial charge in [-0.1, -0.05) is 5.16 Å². The van der Waals surface area contributed by atoms with Crippen molar-refractivity contribution >= 4 is 5.91 Å².